The zero-order chi connectivity index (χ0) is 17.4. The first-order chi connectivity index (χ1) is 11.4. The van der Waals surface area contributed by atoms with Gasteiger partial charge in [-0.1, -0.05) is 11.3 Å². The molecule has 0 saturated carbocycles. The van der Waals surface area contributed by atoms with Gasteiger partial charge in [-0.2, -0.15) is 0 Å². The molecule has 1 aromatic heterocycles. The van der Waals surface area contributed by atoms with Crippen molar-refractivity contribution in [2.75, 3.05) is 25.9 Å². The lowest BCUT2D eigenvalue weighted by molar-refractivity contribution is 0.0753. The number of methoxy groups -OCH3 is 1. The van der Waals surface area contributed by atoms with Gasteiger partial charge in [-0.3, -0.25) is 9.69 Å². The Labute approximate surface area is 146 Å². The van der Waals surface area contributed by atoms with Crippen molar-refractivity contribution in [2.24, 2.45) is 0 Å². The van der Waals surface area contributed by atoms with Crippen LogP contribution in [0.3, 0.4) is 0 Å². The number of likely N-dealkylation sites (tertiary alicyclic amines) is 1. The van der Waals surface area contributed by atoms with E-state index < -0.39 is 0 Å². The van der Waals surface area contributed by atoms with Crippen LogP contribution in [0.4, 0.5) is 5.13 Å². The highest BCUT2D eigenvalue weighted by molar-refractivity contribution is 7.22. The van der Waals surface area contributed by atoms with E-state index in [4.69, 9.17) is 10.5 Å². The van der Waals surface area contributed by atoms with Crippen molar-refractivity contribution < 1.29 is 9.53 Å². The fourth-order valence-corrected chi connectivity index (χ4v) is 4.05. The lowest BCUT2D eigenvalue weighted by Gasteiger charge is -2.20. The summed E-state index contributed by atoms with van der Waals surface area (Å²) in [7, 11) is 1.70. The maximum atomic E-state index is 12.7. The molecular weight excluding hydrogens is 324 g/mol. The lowest BCUT2D eigenvalue weighted by atomic mass is 10.1. The number of thiazole rings is 1. The molecule has 1 aliphatic rings. The van der Waals surface area contributed by atoms with Crippen LogP contribution in [-0.4, -0.2) is 54.2 Å². The van der Waals surface area contributed by atoms with Crippen LogP contribution in [0.15, 0.2) is 12.1 Å². The van der Waals surface area contributed by atoms with Crippen molar-refractivity contribution in [3.8, 4) is 0 Å². The van der Waals surface area contributed by atoms with Gasteiger partial charge in [-0.05, 0) is 38.5 Å². The van der Waals surface area contributed by atoms with E-state index in [0.29, 0.717) is 16.7 Å². The summed E-state index contributed by atoms with van der Waals surface area (Å²) in [5, 5.41) is 3.65. The van der Waals surface area contributed by atoms with Gasteiger partial charge >= 0.3 is 0 Å². The maximum Gasteiger partial charge on any atom is 0.251 e. The minimum absolute atomic E-state index is 0.00701. The van der Waals surface area contributed by atoms with Crippen LogP contribution in [0.25, 0.3) is 10.2 Å². The van der Waals surface area contributed by atoms with Crippen molar-refractivity contribution in [1.82, 2.24) is 15.2 Å². The number of nitrogens with zero attached hydrogens (tertiary/aromatic N) is 2. The SMILES string of the molecule is CO[C@H]1CN(C(C)C)C[C@@H]1NC(=O)c1cc(C)c2nc(N)sc2c1. The third-order valence-electron chi connectivity index (χ3n) is 4.61. The number of ether oxygens (including phenoxy) is 1. The Balaban J connectivity index is 1.79. The molecule has 0 radical (unpaired) electrons. The van der Waals surface area contributed by atoms with E-state index in [1.54, 1.807) is 7.11 Å². The van der Waals surface area contributed by atoms with E-state index in [9.17, 15) is 4.79 Å². The van der Waals surface area contributed by atoms with Gasteiger partial charge in [0.2, 0.25) is 0 Å². The summed E-state index contributed by atoms with van der Waals surface area (Å²) in [6.45, 7) is 7.90. The number of nitrogens with two attached hydrogens (primary N) is 1. The predicted octanol–water partition coefficient (Wildman–Crippen LogP) is 2.02. The second kappa shape index (κ2) is 6.66. The summed E-state index contributed by atoms with van der Waals surface area (Å²) in [5.74, 6) is -0.0790. The molecule has 2 aromatic rings. The van der Waals surface area contributed by atoms with Crippen molar-refractivity contribution in [3.63, 3.8) is 0 Å². The van der Waals surface area contributed by atoms with Gasteiger partial charge in [-0.15, -0.1) is 0 Å². The van der Waals surface area contributed by atoms with Crippen LogP contribution < -0.4 is 11.1 Å². The number of amides is 1. The highest BCUT2D eigenvalue weighted by Crippen LogP contribution is 2.28. The normalized spacial score (nSPS) is 21.7. The van der Waals surface area contributed by atoms with Gasteiger partial charge in [-0.25, -0.2) is 4.98 Å². The average Bonchev–Trinajstić information content (AvgIpc) is 3.10. The zero-order valence-electron chi connectivity index (χ0n) is 14.5. The third-order valence-corrected chi connectivity index (χ3v) is 5.44. The number of carbonyl (C=O) groups excluding carboxylic acids is 1. The number of fused-ring (bicyclic) bond motifs is 1. The molecule has 3 N–H and O–H groups in total. The van der Waals surface area contributed by atoms with E-state index in [1.165, 1.54) is 11.3 Å². The second-order valence-corrected chi connectivity index (χ2v) is 7.66. The molecule has 2 atom stereocenters. The minimum Gasteiger partial charge on any atom is -0.378 e. The fourth-order valence-electron chi connectivity index (χ4n) is 3.20. The Morgan fingerprint density at radius 2 is 2.21 bits per heavy atom. The van der Waals surface area contributed by atoms with Crippen LogP contribution in [0.2, 0.25) is 0 Å². The molecule has 0 aliphatic carbocycles. The fraction of sp³-hybridized carbons (Fsp3) is 0.529. The van der Waals surface area contributed by atoms with Crippen LogP contribution in [0.1, 0.15) is 29.8 Å². The third kappa shape index (κ3) is 3.24. The summed E-state index contributed by atoms with van der Waals surface area (Å²) in [6.07, 6.45) is 0.0141. The quantitative estimate of drug-likeness (QED) is 0.884. The molecule has 6 nitrogen and oxygen atoms in total. The van der Waals surface area contributed by atoms with Gasteiger partial charge in [0.15, 0.2) is 5.13 Å². The molecule has 1 aromatic carbocycles. The van der Waals surface area contributed by atoms with Gasteiger partial charge in [0.05, 0.1) is 22.4 Å². The molecule has 1 fully saturated rings. The minimum atomic E-state index is -0.0790. The van der Waals surface area contributed by atoms with Gasteiger partial charge in [0, 0.05) is 31.8 Å². The number of carbonyl (C=O) groups is 1. The number of aromatic nitrogens is 1. The van der Waals surface area contributed by atoms with Crippen LogP contribution in [-0.2, 0) is 4.74 Å². The molecule has 0 unspecified atom stereocenters. The summed E-state index contributed by atoms with van der Waals surface area (Å²) < 4.78 is 6.50. The monoisotopic (exact) mass is 348 g/mol. The van der Waals surface area contributed by atoms with Crippen LogP contribution in [0.5, 0.6) is 0 Å². The van der Waals surface area contributed by atoms with E-state index >= 15 is 0 Å². The maximum absolute atomic E-state index is 12.7. The molecule has 2 heterocycles. The molecular formula is C17H24N4O2S. The topological polar surface area (TPSA) is 80.5 Å². The number of rotatable bonds is 4. The molecule has 130 valence electrons. The molecule has 24 heavy (non-hydrogen) atoms. The summed E-state index contributed by atoms with van der Waals surface area (Å²) in [5.41, 5.74) is 8.26. The van der Waals surface area contributed by atoms with E-state index in [2.05, 4.69) is 29.0 Å². The Morgan fingerprint density at radius 1 is 1.46 bits per heavy atom. The van der Waals surface area contributed by atoms with Crippen molar-refractivity contribution in [2.45, 2.75) is 39.0 Å². The molecule has 3 rings (SSSR count). The van der Waals surface area contributed by atoms with Gasteiger partial charge in [0.1, 0.15) is 0 Å². The number of benzene rings is 1. The predicted molar refractivity (Wildman–Crippen MR) is 97.5 cm³/mol. The summed E-state index contributed by atoms with van der Waals surface area (Å²) in [4.78, 5) is 19.3. The Kier molecular flexibility index (Phi) is 4.76. The van der Waals surface area contributed by atoms with E-state index in [0.717, 1.165) is 28.9 Å². The smallest absolute Gasteiger partial charge is 0.251 e. The van der Waals surface area contributed by atoms with E-state index in [-0.39, 0.29) is 18.1 Å². The molecule has 0 bridgehead atoms. The zero-order valence-corrected chi connectivity index (χ0v) is 15.3. The highest BCUT2D eigenvalue weighted by atomic mass is 32.1. The Hall–Kier alpha value is -1.70. The molecule has 1 amide bonds. The van der Waals surface area contributed by atoms with Crippen LogP contribution in [0, 0.1) is 6.92 Å². The second-order valence-electron chi connectivity index (χ2n) is 6.59. The molecule has 1 aliphatic heterocycles. The summed E-state index contributed by atoms with van der Waals surface area (Å²) >= 11 is 1.40. The number of hydrogen-bond acceptors (Lipinski definition) is 6. The standard InChI is InChI=1S/C17H24N4O2S/c1-9(2)21-7-12(13(8-21)23-4)19-16(22)11-5-10(3)15-14(6-11)24-17(18)20-15/h5-6,9,12-13H,7-8H2,1-4H3,(H2,18,20)(H,19,22)/t12-,13-/m0/s1. The first-order valence-electron chi connectivity index (χ1n) is 8.13. The van der Waals surface area contributed by atoms with Gasteiger partial charge < -0.3 is 15.8 Å². The van der Waals surface area contributed by atoms with Crippen molar-refractivity contribution in [3.05, 3.63) is 23.3 Å². The first-order valence-corrected chi connectivity index (χ1v) is 8.95. The van der Waals surface area contributed by atoms with Crippen molar-refractivity contribution >= 4 is 32.6 Å². The van der Waals surface area contributed by atoms with Crippen molar-refractivity contribution in [1.29, 1.82) is 0 Å². The molecule has 0 spiro atoms. The lowest BCUT2D eigenvalue weighted by Crippen LogP contribution is -2.43. The van der Waals surface area contributed by atoms with Gasteiger partial charge in [0.25, 0.3) is 5.91 Å². The first kappa shape index (κ1) is 17.1. The number of nitrogens with one attached hydrogen (secondary N) is 1. The number of aryl methyl sites for hydroxylation is 1. The molecule has 1 saturated heterocycles. The number of nitrogen functional groups attached to an aromatic ring is 1. The molecule has 7 heteroatoms. The highest BCUT2D eigenvalue weighted by Gasteiger charge is 2.35. The van der Waals surface area contributed by atoms with Crippen LogP contribution >= 0.6 is 11.3 Å². The Morgan fingerprint density at radius 3 is 2.88 bits per heavy atom. The number of anilines is 1. The summed E-state index contributed by atoms with van der Waals surface area (Å²) in [6, 6.07) is 4.16. The largest absolute Gasteiger partial charge is 0.378 e. The average molecular weight is 348 g/mol. The Bertz CT molecular complexity index is 758. The van der Waals surface area contributed by atoms with E-state index in [1.807, 2.05) is 19.1 Å². The number of hydrogen-bond donors (Lipinski definition) is 2.